The third-order valence-electron chi connectivity index (χ3n) is 1.38. The lowest BCUT2D eigenvalue weighted by molar-refractivity contribution is 0.0709. The molecule has 0 bridgehead atoms. The quantitative estimate of drug-likeness (QED) is 0.788. The summed E-state index contributed by atoms with van der Waals surface area (Å²) in [7, 11) is 0. The minimum Gasteiger partial charge on any atom is -0.377 e. The van der Waals surface area contributed by atoms with Crippen LogP contribution in [0.25, 0.3) is 0 Å². The highest BCUT2D eigenvalue weighted by Crippen LogP contribution is 1.99. The minimum atomic E-state index is 0.305. The molecule has 1 heterocycles. The Hall–Kier alpha value is -0.100. The molecule has 4 heteroatoms. The van der Waals surface area contributed by atoms with Gasteiger partial charge in [0, 0.05) is 6.20 Å². The molecule has 0 aliphatic carbocycles. The number of ether oxygens (including phenoxy) is 1. The van der Waals surface area contributed by atoms with Crippen LogP contribution in [0.15, 0.2) is 12.3 Å². The second kappa shape index (κ2) is 4.81. The normalized spacial score (nSPS) is 11.0. The molecule has 0 saturated heterocycles. The van der Waals surface area contributed by atoms with Crippen LogP contribution in [-0.4, -0.2) is 22.5 Å². The second-order valence-corrected chi connectivity index (χ2v) is 3.93. The van der Waals surface area contributed by atoms with E-state index in [2.05, 4.69) is 27.7 Å². The summed E-state index contributed by atoms with van der Waals surface area (Å²) >= 11 is 2.19. The molecule has 68 valence electrons. The lowest BCUT2D eigenvalue weighted by Crippen LogP contribution is -2.10. The van der Waals surface area contributed by atoms with Crippen molar-refractivity contribution in [3.63, 3.8) is 0 Å². The van der Waals surface area contributed by atoms with E-state index >= 15 is 0 Å². The first-order chi connectivity index (χ1) is 5.68. The van der Waals surface area contributed by atoms with Gasteiger partial charge in [0.1, 0.15) is 3.70 Å². The summed E-state index contributed by atoms with van der Waals surface area (Å²) < 4.78 is 8.31. The Kier molecular flexibility index (Phi) is 4.00. The molecule has 0 unspecified atom stereocenters. The number of hydrogen-bond acceptors (Lipinski definition) is 2. The van der Waals surface area contributed by atoms with E-state index < -0.39 is 0 Å². The summed E-state index contributed by atoms with van der Waals surface area (Å²) in [6.45, 7) is 5.64. The zero-order chi connectivity index (χ0) is 8.97. The first-order valence-electron chi connectivity index (χ1n) is 3.99. The molecular weight excluding hydrogens is 267 g/mol. The van der Waals surface area contributed by atoms with Crippen LogP contribution in [0, 0.1) is 3.70 Å². The standard InChI is InChI=1S/C8H13IN2O/c1-7(2)12-6-5-11-4-3-8(9)10-11/h3-4,7H,5-6H2,1-2H3. The maximum atomic E-state index is 5.39. The maximum Gasteiger partial charge on any atom is 0.123 e. The Morgan fingerprint density at radius 1 is 1.67 bits per heavy atom. The lowest BCUT2D eigenvalue weighted by Gasteiger charge is -2.06. The molecule has 0 spiro atoms. The van der Waals surface area contributed by atoms with Crippen molar-refractivity contribution in [2.24, 2.45) is 0 Å². The summed E-state index contributed by atoms with van der Waals surface area (Å²) in [5.41, 5.74) is 0. The van der Waals surface area contributed by atoms with Gasteiger partial charge in [-0.2, -0.15) is 5.10 Å². The molecule has 1 aromatic heterocycles. The highest BCUT2D eigenvalue weighted by molar-refractivity contribution is 14.1. The topological polar surface area (TPSA) is 27.1 Å². The largest absolute Gasteiger partial charge is 0.377 e. The fraction of sp³-hybridized carbons (Fsp3) is 0.625. The summed E-state index contributed by atoms with van der Waals surface area (Å²) in [5.74, 6) is 0. The second-order valence-electron chi connectivity index (χ2n) is 2.82. The van der Waals surface area contributed by atoms with Gasteiger partial charge in [-0.1, -0.05) is 0 Å². The van der Waals surface area contributed by atoms with Crippen molar-refractivity contribution >= 4 is 22.6 Å². The van der Waals surface area contributed by atoms with Crippen LogP contribution in [0.4, 0.5) is 0 Å². The summed E-state index contributed by atoms with van der Waals surface area (Å²) in [5, 5.41) is 4.23. The molecule has 0 atom stereocenters. The predicted octanol–water partition coefficient (Wildman–Crippen LogP) is 1.91. The van der Waals surface area contributed by atoms with E-state index in [9.17, 15) is 0 Å². The molecule has 0 aliphatic rings. The molecule has 0 amide bonds. The van der Waals surface area contributed by atoms with Gasteiger partial charge in [0.2, 0.25) is 0 Å². The Balaban J connectivity index is 2.24. The van der Waals surface area contributed by atoms with E-state index in [0.717, 1.165) is 16.9 Å². The zero-order valence-electron chi connectivity index (χ0n) is 7.33. The number of aromatic nitrogens is 2. The van der Waals surface area contributed by atoms with E-state index in [4.69, 9.17) is 4.74 Å². The summed E-state index contributed by atoms with van der Waals surface area (Å²) in [6.07, 6.45) is 2.27. The predicted molar refractivity (Wildman–Crippen MR) is 56.0 cm³/mol. The Morgan fingerprint density at radius 2 is 2.42 bits per heavy atom. The van der Waals surface area contributed by atoms with Gasteiger partial charge in [0.05, 0.1) is 19.3 Å². The number of nitrogens with zero attached hydrogens (tertiary/aromatic N) is 2. The van der Waals surface area contributed by atoms with Crippen molar-refractivity contribution in [1.82, 2.24) is 9.78 Å². The van der Waals surface area contributed by atoms with Crippen molar-refractivity contribution in [1.29, 1.82) is 0 Å². The van der Waals surface area contributed by atoms with Gasteiger partial charge in [-0.3, -0.25) is 4.68 Å². The zero-order valence-corrected chi connectivity index (χ0v) is 9.48. The van der Waals surface area contributed by atoms with Crippen LogP contribution in [0.1, 0.15) is 13.8 Å². The van der Waals surface area contributed by atoms with Crippen LogP contribution < -0.4 is 0 Å². The van der Waals surface area contributed by atoms with Gasteiger partial charge >= 0.3 is 0 Å². The molecular formula is C8H13IN2O. The fourth-order valence-corrected chi connectivity index (χ4v) is 1.28. The molecule has 0 aromatic carbocycles. The van der Waals surface area contributed by atoms with Crippen molar-refractivity contribution < 1.29 is 4.74 Å². The highest BCUT2D eigenvalue weighted by atomic mass is 127. The first kappa shape index (κ1) is 9.98. The SMILES string of the molecule is CC(C)OCCn1ccc(I)n1. The molecule has 12 heavy (non-hydrogen) atoms. The van der Waals surface area contributed by atoms with Gasteiger partial charge in [0.25, 0.3) is 0 Å². The van der Waals surface area contributed by atoms with Crippen molar-refractivity contribution in [3.05, 3.63) is 16.0 Å². The monoisotopic (exact) mass is 280 g/mol. The van der Waals surface area contributed by atoms with E-state index in [1.807, 2.05) is 30.8 Å². The molecule has 0 N–H and O–H groups in total. The van der Waals surface area contributed by atoms with E-state index in [0.29, 0.717) is 6.10 Å². The average molecular weight is 280 g/mol. The number of rotatable bonds is 4. The Bertz CT molecular complexity index is 235. The van der Waals surface area contributed by atoms with Crippen LogP contribution in [0.3, 0.4) is 0 Å². The van der Waals surface area contributed by atoms with Gasteiger partial charge in [0.15, 0.2) is 0 Å². The van der Waals surface area contributed by atoms with Gasteiger partial charge in [-0.15, -0.1) is 0 Å². The van der Waals surface area contributed by atoms with Gasteiger partial charge in [-0.25, -0.2) is 0 Å². The first-order valence-corrected chi connectivity index (χ1v) is 5.07. The van der Waals surface area contributed by atoms with E-state index in [-0.39, 0.29) is 0 Å². The summed E-state index contributed by atoms with van der Waals surface area (Å²) in [6, 6.07) is 1.98. The van der Waals surface area contributed by atoms with Gasteiger partial charge in [-0.05, 0) is 42.5 Å². The van der Waals surface area contributed by atoms with Crippen LogP contribution in [0.2, 0.25) is 0 Å². The van der Waals surface area contributed by atoms with Gasteiger partial charge < -0.3 is 4.74 Å². The smallest absolute Gasteiger partial charge is 0.123 e. The third-order valence-corrected chi connectivity index (χ3v) is 1.96. The highest BCUT2D eigenvalue weighted by Gasteiger charge is 1.96. The van der Waals surface area contributed by atoms with Crippen LogP contribution in [-0.2, 0) is 11.3 Å². The fourth-order valence-electron chi connectivity index (χ4n) is 0.843. The molecule has 1 rings (SSSR count). The molecule has 1 aromatic rings. The molecule has 0 aliphatic heterocycles. The lowest BCUT2D eigenvalue weighted by atomic mass is 10.5. The van der Waals surface area contributed by atoms with E-state index in [1.165, 1.54) is 0 Å². The molecule has 0 saturated carbocycles. The Morgan fingerprint density at radius 3 is 2.92 bits per heavy atom. The molecule has 0 radical (unpaired) electrons. The molecule has 0 fully saturated rings. The Labute approximate surface area is 86.2 Å². The van der Waals surface area contributed by atoms with Crippen molar-refractivity contribution in [3.8, 4) is 0 Å². The van der Waals surface area contributed by atoms with Crippen LogP contribution >= 0.6 is 22.6 Å². The van der Waals surface area contributed by atoms with Crippen molar-refractivity contribution in [2.75, 3.05) is 6.61 Å². The van der Waals surface area contributed by atoms with E-state index in [1.54, 1.807) is 0 Å². The van der Waals surface area contributed by atoms with Crippen molar-refractivity contribution in [2.45, 2.75) is 26.5 Å². The summed E-state index contributed by atoms with van der Waals surface area (Å²) in [4.78, 5) is 0. The number of hydrogen-bond donors (Lipinski definition) is 0. The average Bonchev–Trinajstić information content (AvgIpc) is 2.35. The minimum absolute atomic E-state index is 0.305. The maximum absolute atomic E-state index is 5.39. The van der Waals surface area contributed by atoms with Crippen LogP contribution in [0.5, 0.6) is 0 Å². The number of halogens is 1. The third kappa shape index (κ3) is 3.53. The molecule has 3 nitrogen and oxygen atoms in total.